The number of carboxylic acid groups (broad SMARTS) is 1. The Labute approximate surface area is 92.9 Å². The number of carbonyl (C=O) groups is 1. The van der Waals surface area contributed by atoms with Crippen LogP contribution in [-0.2, 0) is 11.3 Å². The van der Waals surface area contributed by atoms with E-state index >= 15 is 0 Å². The summed E-state index contributed by atoms with van der Waals surface area (Å²) in [5.41, 5.74) is 0.505. The summed E-state index contributed by atoms with van der Waals surface area (Å²) in [6, 6.07) is 3.64. The highest BCUT2D eigenvalue weighted by atomic mass is 19.1. The van der Waals surface area contributed by atoms with Crippen LogP contribution in [-0.4, -0.2) is 17.7 Å². The lowest BCUT2D eigenvalue weighted by Gasteiger charge is -2.07. The van der Waals surface area contributed by atoms with E-state index in [1.165, 1.54) is 25.0 Å². The number of carboxylic acids is 1. The van der Waals surface area contributed by atoms with Crippen LogP contribution in [0.3, 0.4) is 0 Å². The fraction of sp³-hybridized carbons (Fsp3) is 0.417. The average Bonchev–Trinajstić information content (AvgIpc) is 3.01. The topological polar surface area (TPSA) is 46.5 Å². The molecule has 86 valence electrons. The number of hydrogen-bond donors (Lipinski definition) is 1. The van der Waals surface area contributed by atoms with Crippen LogP contribution in [0, 0.1) is 11.7 Å². The van der Waals surface area contributed by atoms with Gasteiger partial charge >= 0.3 is 5.97 Å². The lowest BCUT2D eigenvalue weighted by atomic mass is 10.1. The Kier molecular flexibility index (Phi) is 3.19. The molecule has 1 aliphatic rings. The van der Waals surface area contributed by atoms with Crippen LogP contribution in [0.5, 0.6) is 0 Å². The number of hydrogen-bond acceptors (Lipinski definition) is 2. The van der Waals surface area contributed by atoms with Gasteiger partial charge in [0.05, 0.1) is 12.2 Å². The van der Waals surface area contributed by atoms with E-state index in [4.69, 9.17) is 9.84 Å². The summed E-state index contributed by atoms with van der Waals surface area (Å²) in [4.78, 5) is 10.9. The molecule has 0 aliphatic heterocycles. The molecular weight excluding hydrogens is 211 g/mol. The molecule has 1 fully saturated rings. The predicted octanol–water partition coefficient (Wildman–Crippen LogP) is 2.45. The van der Waals surface area contributed by atoms with E-state index in [0.717, 1.165) is 6.07 Å². The van der Waals surface area contributed by atoms with Gasteiger partial charge in [-0.1, -0.05) is 0 Å². The molecule has 0 unspecified atom stereocenters. The van der Waals surface area contributed by atoms with Crippen LogP contribution < -0.4 is 0 Å². The highest BCUT2D eigenvalue weighted by molar-refractivity contribution is 5.89. The first-order valence-corrected chi connectivity index (χ1v) is 5.26. The largest absolute Gasteiger partial charge is 0.478 e. The maximum absolute atomic E-state index is 13.0. The van der Waals surface area contributed by atoms with E-state index < -0.39 is 11.8 Å². The van der Waals surface area contributed by atoms with Crippen molar-refractivity contribution in [3.63, 3.8) is 0 Å². The maximum atomic E-state index is 13.0. The van der Waals surface area contributed by atoms with Crippen molar-refractivity contribution in [1.82, 2.24) is 0 Å². The number of benzene rings is 1. The van der Waals surface area contributed by atoms with Gasteiger partial charge in [0.15, 0.2) is 0 Å². The van der Waals surface area contributed by atoms with Gasteiger partial charge in [0.2, 0.25) is 0 Å². The van der Waals surface area contributed by atoms with Gasteiger partial charge in [-0.05, 0) is 42.5 Å². The van der Waals surface area contributed by atoms with Crippen molar-refractivity contribution in [3.8, 4) is 0 Å². The van der Waals surface area contributed by atoms with Gasteiger partial charge in [0, 0.05) is 6.61 Å². The normalized spacial score (nSPS) is 15.1. The van der Waals surface area contributed by atoms with E-state index in [0.29, 0.717) is 18.1 Å². The lowest BCUT2D eigenvalue weighted by Crippen LogP contribution is -2.06. The van der Waals surface area contributed by atoms with Crippen molar-refractivity contribution in [2.45, 2.75) is 19.4 Å². The second kappa shape index (κ2) is 4.61. The van der Waals surface area contributed by atoms with Gasteiger partial charge in [0.1, 0.15) is 5.82 Å². The molecule has 0 spiro atoms. The molecule has 3 nitrogen and oxygen atoms in total. The fourth-order valence-electron chi connectivity index (χ4n) is 1.51. The van der Waals surface area contributed by atoms with E-state index in [2.05, 4.69) is 0 Å². The van der Waals surface area contributed by atoms with Crippen LogP contribution in [0.1, 0.15) is 28.8 Å². The minimum absolute atomic E-state index is 0.109. The summed E-state index contributed by atoms with van der Waals surface area (Å²) < 4.78 is 18.3. The molecule has 1 aromatic rings. The van der Waals surface area contributed by atoms with E-state index in [9.17, 15) is 9.18 Å². The Balaban J connectivity index is 2.03. The first-order valence-electron chi connectivity index (χ1n) is 5.26. The first-order chi connectivity index (χ1) is 7.66. The SMILES string of the molecule is O=C(O)c1ccc(F)cc1COCC1CC1. The van der Waals surface area contributed by atoms with Crippen molar-refractivity contribution in [3.05, 3.63) is 35.1 Å². The highest BCUT2D eigenvalue weighted by Gasteiger charge is 2.21. The zero-order valence-electron chi connectivity index (χ0n) is 8.78. The summed E-state index contributed by atoms with van der Waals surface area (Å²) in [6.07, 6.45) is 2.35. The summed E-state index contributed by atoms with van der Waals surface area (Å²) in [7, 11) is 0. The van der Waals surface area contributed by atoms with Crippen LogP contribution in [0.15, 0.2) is 18.2 Å². The Hall–Kier alpha value is -1.42. The molecule has 0 bridgehead atoms. The summed E-state index contributed by atoms with van der Waals surface area (Å²) in [6.45, 7) is 0.797. The second-order valence-electron chi connectivity index (χ2n) is 4.07. The van der Waals surface area contributed by atoms with Crippen LogP contribution in [0.25, 0.3) is 0 Å². The van der Waals surface area contributed by atoms with Gasteiger partial charge in [0.25, 0.3) is 0 Å². The van der Waals surface area contributed by atoms with Gasteiger partial charge in [-0.3, -0.25) is 0 Å². The van der Waals surface area contributed by atoms with Crippen molar-refractivity contribution in [1.29, 1.82) is 0 Å². The number of ether oxygens (including phenoxy) is 1. The van der Waals surface area contributed by atoms with Gasteiger partial charge in [-0.25, -0.2) is 9.18 Å². The van der Waals surface area contributed by atoms with Crippen molar-refractivity contribution in [2.75, 3.05) is 6.61 Å². The molecule has 2 rings (SSSR count). The first kappa shape index (κ1) is 11.1. The van der Waals surface area contributed by atoms with Crippen molar-refractivity contribution in [2.24, 2.45) is 5.92 Å². The Morgan fingerprint density at radius 1 is 1.50 bits per heavy atom. The monoisotopic (exact) mass is 224 g/mol. The third-order valence-electron chi connectivity index (χ3n) is 2.61. The summed E-state index contributed by atoms with van der Waals surface area (Å²) >= 11 is 0. The molecule has 4 heteroatoms. The lowest BCUT2D eigenvalue weighted by molar-refractivity contribution is 0.0685. The highest BCUT2D eigenvalue weighted by Crippen LogP contribution is 2.29. The molecule has 0 amide bonds. The van der Waals surface area contributed by atoms with E-state index in [1.807, 2.05) is 0 Å². The molecule has 1 N–H and O–H groups in total. The van der Waals surface area contributed by atoms with E-state index in [-0.39, 0.29) is 12.2 Å². The van der Waals surface area contributed by atoms with E-state index in [1.54, 1.807) is 0 Å². The molecule has 0 atom stereocenters. The van der Waals surface area contributed by atoms with Crippen LogP contribution >= 0.6 is 0 Å². The quantitative estimate of drug-likeness (QED) is 0.835. The third-order valence-corrected chi connectivity index (χ3v) is 2.61. The van der Waals surface area contributed by atoms with Gasteiger partial charge < -0.3 is 9.84 Å². The van der Waals surface area contributed by atoms with Crippen LogP contribution in [0.4, 0.5) is 4.39 Å². The molecule has 0 heterocycles. The number of halogens is 1. The molecule has 1 saturated carbocycles. The van der Waals surface area contributed by atoms with Crippen LogP contribution in [0.2, 0.25) is 0 Å². The van der Waals surface area contributed by atoms with Crippen molar-refractivity contribution >= 4 is 5.97 Å². The summed E-state index contributed by atoms with van der Waals surface area (Å²) in [5, 5.41) is 8.90. The van der Waals surface area contributed by atoms with Gasteiger partial charge in [-0.15, -0.1) is 0 Å². The standard InChI is InChI=1S/C12H13FO3/c13-10-3-4-11(12(14)15)9(5-10)7-16-6-8-1-2-8/h3-5,8H,1-2,6-7H2,(H,14,15). The number of rotatable bonds is 5. The minimum Gasteiger partial charge on any atom is -0.478 e. The predicted molar refractivity (Wildman–Crippen MR) is 55.7 cm³/mol. The third kappa shape index (κ3) is 2.79. The van der Waals surface area contributed by atoms with Crippen molar-refractivity contribution < 1.29 is 19.0 Å². The molecule has 1 aliphatic carbocycles. The zero-order chi connectivity index (χ0) is 11.5. The molecule has 16 heavy (non-hydrogen) atoms. The molecule has 0 saturated heterocycles. The molecular formula is C12H13FO3. The Bertz CT molecular complexity index is 399. The Morgan fingerprint density at radius 2 is 2.25 bits per heavy atom. The summed E-state index contributed by atoms with van der Waals surface area (Å²) in [5.74, 6) is -0.873. The zero-order valence-corrected chi connectivity index (χ0v) is 8.78. The van der Waals surface area contributed by atoms with Gasteiger partial charge in [-0.2, -0.15) is 0 Å². The number of aromatic carboxylic acids is 1. The average molecular weight is 224 g/mol. The second-order valence-corrected chi connectivity index (χ2v) is 4.07. The molecule has 0 radical (unpaired) electrons. The minimum atomic E-state index is -1.05. The maximum Gasteiger partial charge on any atom is 0.336 e. The molecule has 0 aromatic heterocycles. The fourth-order valence-corrected chi connectivity index (χ4v) is 1.51. The Morgan fingerprint density at radius 3 is 2.88 bits per heavy atom. The smallest absolute Gasteiger partial charge is 0.336 e. The molecule has 1 aromatic carbocycles.